The average molecular weight is 437 g/mol. The van der Waals surface area contributed by atoms with Gasteiger partial charge in [0.2, 0.25) is 0 Å². The van der Waals surface area contributed by atoms with E-state index in [9.17, 15) is 22.8 Å². The van der Waals surface area contributed by atoms with Crippen molar-refractivity contribution in [3.8, 4) is 0 Å². The molecule has 148 valence electrons. The van der Waals surface area contributed by atoms with Crippen LogP contribution < -0.4 is 4.90 Å². The fraction of sp³-hybridized carbons (Fsp3) is 0.100. The first-order valence-corrected chi connectivity index (χ1v) is 9.55. The number of hydrogen-bond acceptors (Lipinski definition) is 3. The number of alkyl halides is 3. The molecule has 0 N–H and O–H groups in total. The van der Waals surface area contributed by atoms with E-state index in [4.69, 9.17) is 11.6 Å². The number of anilines is 1. The van der Waals surface area contributed by atoms with Crippen LogP contribution in [-0.2, 0) is 18.0 Å². The minimum absolute atomic E-state index is 0.134. The molecule has 1 aromatic heterocycles. The van der Waals surface area contributed by atoms with Crippen molar-refractivity contribution in [2.24, 2.45) is 7.05 Å². The fourth-order valence-corrected chi connectivity index (χ4v) is 4.25. The van der Waals surface area contributed by atoms with E-state index < -0.39 is 27.9 Å². The lowest BCUT2D eigenvalue weighted by atomic mass is 10.1. The molecule has 2 heterocycles. The number of rotatable bonds is 2. The molecule has 0 saturated carbocycles. The molecule has 1 aliphatic heterocycles. The van der Waals surface area contributed by atoms with Gasteiger partial charge in [0, 0.05) is 29.7 Å². The number of nitrogens with zero attached hydrogens (tertiary/aromatic N) is 2. The summed E-state index contributed by atoms with van der Waals surface area (Å²) >= 11 is 6.31. The number of fused-ring (bicyclic) bond motifs is 1. The lowest BCUT2D eigenvalue weighted by molar-refractivity contribution is -0.137. The van der Waals surface area contributed by atoms with Crippen molar-refractivity contribution in [2.75, 3.05) is 4.90 Å². The number of thioether (sulfide) groups is 1. The van der Waals surface area contributed by atoms with Crippen LogP contribution in [0.4, 0.5) is 23.7 Å². The Morgan fingerprint density at radius 3 is 2.55 bits per heavy atom. The van der Waals surface area contributed by atoms with Crippen LogP contribution in [0.2, 0.25) is 5.02 Å². The third-order valence-electron chi connectivity index (χ3n) is 4.52. The van der Waals surface area contributed by atoms with Crippen molar-refractivity contribution < 1.29 is 22.8 Å². The van der Waals surface area contributed by atoms with E-state index in [0.29, 0.717) is 17.8 Å². The van der Waals surface area contributed by atoms with Gasteiger partial charge in [-0.05, 0) is 42.1 Å². The van der Waals surface area contributed by atoms with Crippen molar-refractivity contribution in [1.82, 2.24) is 4.57 Å². The predicted molar refractivity (Wildman–Crippen MR) is 108 cm³/mol. The number of hydrogen-bond donors (Lipinski definition) is 0. The number of halogens is 4. The van der Waals surface area contributed by atoms with E-state index in [-0.39, 0.29) is 10.6 Å². The quantitative estimate of drug-likeness (QED) is 0.456. The molecule has 0 atom stereocenters. The highest BCUT2D eigenvalue weighted by atomic mass is 35.5. The first kappa shape index (κ1) is 19.6. The first-order valence-electron chi connectivity index (χ1n) is 8.35. The van der Waals surface area contributed by atoms with E-state index in [2.05, 4.69) is 0 Å². The Hall–Kier alpha value is -2.71. The van der Waals surface area contributed by atoms with Crippen molar-refractivity contribution >= 4 is 57.2 Å². The minimum atomic E-state index is -4.70. The molecule has 2 aromatic carbocycles. The standard InChI is InChI=1S/C20H12ClF3N2O2S/c1-25-10-11(13-4-2-3-5-16(13)25)8-17-18(27)26(19(28)29-17)12-6-7-15(21)14(9-12)20(22,23)24/h2-10H,1H3/b17-8-. The predicted octanol–water partition coefficient (Wildman–Crippen LogP) is 6.09. The molecule has 4 rings (SSSR count). The summed E-state index contributed by atoms with van der Waals surface area (Å²) in [6, 6.07) is 10.5. The van der Waals surface area contributed by atoms with E-state index >= 15 is 0 Å². The molecule has 0 radical (unpaired) electrons. The van der Waals surface area contributed by atoms with Gasteiger partial charge in [0.25, 0.3) is 11.1 Å². The molecule has 0 bridgehead atoms. The number of aromatic nitrogens is 1. The number of benzene rings is 2. The number of carbonyl (C=O) groups excluding carboxylic acids is 2. The summed E-state index contributed by atoms with van der Waals surface area (Å²) in [5, 5.41) is -0.274. The lowest BCUT2D eigenvalue weighted by Gasteiger charge is -2.16. The first-order chi connectivity index (χ1) is 13.7. The van der Waals surface area contributed by atoms with E-state index in [0.717, 1.165) is 27.4 Å². The molecule has 4 nitrogen and oxygen atoms in total. The summed E-state index contributed by atoms with van der Waals surface area (Å²) in [6.45, 7) is 0. The molecule has 1 aliphatic rings. The topological polar surface area (TPSA) is 42.3 Å². The maximum absolute atomic E-state index is 13.1. The van der Waals surface area contributed by atoms with E-state index in [1.165, 1.54) is 6.07 Å². The average Bonchev–Trinajstić information content (AvgIpc) is 3.12. The number of imide groups is 1. The molecule has 1 saturated heterocycles. The van der Waals surface area contributed by atoms with Crippen molar-refractivity contribution in [3.05, 3.63) is 69.7 Å². The molecule has 9 heteroatoms. The van der Waals surface area contributed by atoms with Crippen LogP contribution in [0.25, 0.3) is 17.0 Å². The van der Waals surface area contributed by atoms with Gasteiger partial charge in [0.05, 0.1) is 21.2 Å². The number of amides is 2. The highest BCUT2D eigenvalue weighted by Gasteiger charge is 2.39. The van der Waals surface area contributed by atoms with Crippen LogP contribution >= 0.6 is 23.4 Å². The molecule has 0 aliphatic carbocycles. The Bertz CT molecular complexity index is 1200. The van der Waals surface area contributed by atoms with Crippen molar-refractivity contribution in [1.29, 1.82) is 0 Å². The Morgan fingerprint density at radius 1 is 1.10 bits per heavy atom. The maximum atomic E-state index is 13.1. The Kier molecular flexibility index (Phi) is 4.71. The van der Waals surface area contributed by atoms with Gasteiger partial charge in [0.15, 0.2) is 0 Å². The second-order valence-electron chi connectivity index (χ2n) is 6.39. The summed E-state index contributed by atoms with van der Waals surface area (Å²) in [7, 11) is 1.86. The van der Waals surface area contributed by atoms with E-state index in [1.807, 2.05) is 42.1 Å². The minimum Gasteiger partial charge on any atom is -0.350 e. The molecular formula is C20H12ClF3N2O2S. The second-order valence-corrected chi connectivity index (χ2v) is 7.79. The molecule has 1 fully saturated rings. The summed E-state index contributed by atoms with van der Waals surface area (Å²) in [5.74, 6) is -0.677. The van der Waals surface area contributed by atoms with Crippen LogP contribution in [0.3, 0.4) is 0 Å². The Balaban J connectivity index is 1.74. The van der Waals surface area contributed by atoms with Crippen LogP contribution in [0.5, 0.6) is 0 Å². The van der Waals surface area contributed by atoms with Gasteiger partial charge in [0.1, 0.15) is 0 Å². The molecule has 2 amide bonds. The van der Waals surface area contributed by atoms with Gasteiger partial charge in [-0.3, -0.25) is 9.59 Å². The second kappa shape index (κ2) is 6.96. The summed E-state index contributed by atoms with van der Waals surface area (Å²) in [5.41, 5.74) is 0.408. The molecular weight excluding hydrogens is 425 g/mol. The number of carbonyl (C=O) groups is 2. The zero-order valence-electron chi connectivity index (χ0n) is 14.8. The van der Waals surface area contributed by atoms with E-state index in [1.54, 1.807) is 6.08 Å². The van der Waals surface area contributed by atoms with Gasteiger partial charge in [-0.1, -0.05) is 29.8 Å². The smallest absolute Gasteiger partial charge is 0.350 e. The fourth-order valence-electron chi connectivity index (χ4n) is 3.19. The lowest BCUT2D eigenvalue weighted by Crippen LogP contribution is -2.28. The summed E-state index contributed by atoms with van der Waals surface area (Å²) in [4.78, 5) is 26.1. The maximum Gasteiger partial charge on any atom is 0.417 e. The highest BCUT2D eigenvalue weighted by Crippen LogP contribution is 2.41. The van der Waals surface area contributed by atoms with Gasteiger partial charge < -0.3 is 4.57 Å². The third kappa shape index (κ3) is 3.42. The third-order valence-corrected chi connectivity index (χ3v) is 5.72. The number of para-hydroxylation sites is 1. The van der Waals surface area contributed by atoms with Crippen LogP contribution in [-0.4, -0.2) is 15.7 Å². The van der Waals surface area contributed by atoms with Crippen LogP contribution in [0.15, 0.2) is 53.6 Å². The zero-order valence-corrected chi connectivity index (χ0v) is 16.4. The van der Waals surface area contributed by atoms with Gasteiger partial charge in [-0.15, -0.1) is 0 Å². The monoisotopic (exact) mass is 436 g/mol. The van der Waals surface area contributed by atoms with Crippen molar-refractivity contribution in [2.45, 2.75) is 6.18 Å². The zero-order chi connectivity index (χ0) is 20.9. The summed E-state index contributed by atoms with van der Waals surface area (Å²) < 4.78 is 41.3. The SMILES string of the molecule is Cn1cc(/C=C2\SC(=O)N(c3ccc(Cl)c(C(F)(F)F)c3)C2=O)c2ccccc21. The largest absolute Gasteiger partial charge is 0.417 e. The van der Waals surface area contributed by atoms with Crippen LogP contribution in [0.1, 0.15) is 11.1 Å². The normalized spacial score (nSPS) is 16.4. The molecule has 29 heavy (non-hydrogen) atoms. The van der Waals surface area contributed by atoms with Gasteiger partial charge in [-0.25, -0.2) is 4.90 Å². The molecule has 0 unspecified atom stereocenters. The Labute approximate surface area is 172 Å². The summed E-state index contributed by atoms with van der Waals surface area (Å²) in [6.07, 6.45) is -1.30. The van der Waals surface area contributed by atoms with Crippen LogP contribution in [0, 0.1) is 0 Å². The van der Waals surface area contributed by atoms with Gasteiger partial charge in [-0.2, -0.15) is 13.2 Å². The number of aryl methyl sites for hydroxylation is 1. The molecule has 3 aromatic rings. The molecule has 0 spiro atoms. The van der Waals surface area contributed by atoms with Crippen molar-refractivity contribution in [3.63, 3.8) is 0 Å². The highest BCUT2D eigenvalue weighted by molar-refractivity contribution is 8.19. The van der Waals surface area contributed by atoms with Gasteiger partial charge >= 0.3 is 6.18 Å². The Morgan fingerprint density at radius 2 is 1.83 bits per heavy atom.